The number of H-pyrrole nitrogens is 1. The lowest BCUT2D eigenvalue weighted by molar-refractivity contribution is 0.0951. The number of benzene rings is 2. The monoisotopic (exact) mass is 267 g/mol. The molecule has 0 saturated carbocycles. The molecule has 0 aliphatic carbocycles. The van der Waals surface area contributed by atoms with E-state index in [1.54, 1.807) is 18.2 Å². The molecule has 0 aliphatic rings. The number of nitrogens with zero attached hydrogens (tertiary/aromatic N) is 2. The predicted octanol–water partition coefficient (Wildman–Crippen LogP) is 1.47. The number of nitrogen functional groups attached to an aromatic ring is 1. The molecular weight excluding hydrogens is 254 g/mol. The van der Waals surface area contributed by atoms with Gasteiger partial charge in [0.05, 0.1) is 0 Å². The van der Waals surface area contributed by atoms with Crippen molar-refractivity contribution in [3.8, 4) is 0 Å². The highest BCUT2D eigenvalue weighted by Gasteiger charge is 2.07. The maximum absolute atomic E-state index is 12.1. The van der Waals surface area contributed by atoms with E-state index in [1.807, 2.05) is 24.3 Å². The van der Waals surface area contributed by atoms with Gasteiger partial charge in [-0.15, -0.1) is 0 Å². The molecular formula is C14H13N5O. The van der Waals surface area contributed by atoms with Crippen molar-refractivity contribution < 1.29 is 4.79 Å². The fourth-order valence-electron chi connectivity index (χ4n) is 1.90. The Labute approximate surface area is 115 Å². The van der Waals surface area contributed by atoms with Crippen LogP contribution in [0.5, 0.6) is 0 Å². The molecule has 0 unspecified atom stereocenters. The van der Waals surface area contributed by atoms with Crippen LogP contribution in [0, 0.1) is 0 Å². The second kappa shape index (κ2) is 5.00. The summed E-state index contributed by atoms with van der Waals surface area (Å²) < 4.78 is 0. The number of nitrogens with two attached hydrogens (primary N) is 1. The van der Waals surface area contributed by atoms with E-state index >= 15 is 0 Å². The average molecular weight is 267 g/mol. The van der Waals surface area contributed by atoms with Crippen LogP contribution >= 0.6 is 0 Å². The first-order valence-corrected chi connectivity index (χ1v) is 6.15. The molecule has 0 aliphatic heterocycles. The molecule has 0 atom stereocenters. The van der Waals surface area contributed by atoms with Gasteiger partial charge in [0.1, 0.15) is 11.0 Å². The quantitative estimate of drug-likeness (QED) is 0.626. The zero-order chi connectivity index (χ0) is 13.9. The van der Waals surface area contributed by atoms with Crippen molar-refractivity contribution in [3.63, 3.8) is 0 Å². The third kappa shape index (κ3) is 2.44. The third-order valence-corrected chi connectivity index (χ3v) is 3.01. The molecule has 100 valence electrons. The van der Waals surface area contributed by atoms with Crippen LogP contribution in [-0.2, 0) is 6.54 Å². The summed E-state index contributed by atoms with van der Waals surface area (Å²) in [6.45, 7) is 0.454. The minimum absolute atomic E-state index is 0.147. The number of anilines is 1. The van der Waals surface area contributed by atoms with Gasteiger partial charge in [0.2, 0.25) is 0 Å². The molecule has 0 saturated heterocycles. The SMILES string of the molecule is Nc1ccc(CNC(=O)c2ccc3n[nH]nc3c2)cc1. The highest BCUT2D eigenvalue weighted by atomic mass is 16.1. The molecule has 0 fully saturated rings. The summed E-state index contributed by atoms with van der Waals surface area (Å²) in [6, 6.07) is 12.6. The summed E-state index contributed by atoms with van der Waals surface area (Å²) >= 11 is 0. The normalized spacial score (nSPS) is 10.6. The summed E-state index contributed by atoms with van der Waals surface area (Å²) in [7, 11) is 0. The minimum Gasteiger partial charge on any atom is -0.399 e. The number of carbonyl (C=O) groups excluding carboxylic acids is 1. The zero-order valence-corrected chi connectivity index (χ0v) is 10.6. The molecule has 1 amide bonds. The third-order valence-electron chi connectivity index (χ3n) is 3.01. The van der Waals surface area contributed by atoms with Crippen molar-refractivity contribution >= 4 is 22.6 Å². The molecule has 6 nitrogen and oxygen atoms in total. The summed E-state index contributed by atoms with van der Waals surface area (Å²) in [5.74, 6) is -0.147. The standard InChI is InChI=1S/C14H13N5O/c15-11-4-1-9(2-5-11)8-16-14(20)10-3-6-12-13(7-10)18-19-17-12/h1-7H,8,15H2,(H,16,20)(H,17,18,19). The highest BCUT2D eigenvalue weighted by Crippen LogP contribution is 2.11. The average Bonchev–Trinajstić information content (AvgIpc) is 2.93. The lowest BCUT2D eigenvalue weighted by atomic mass is 10.1. The Balaban J connectivity index is 1.70. The van der Waals surface area contributed by atoms with E-state index in [9.17, 15) is 4.79 Å². The first-order valence-electron chi connectivity index (χ1n) is 6.15. The molecule has 1 aromatic heterocycles. The Bertz CT molecular complexity index is 748. The molecule has 2 aromatic carbocycles. The van der Waals surface area contributed by atoms with E-state index in [0.29, 0.717) is 23.3 Å². The Hall–Kier alpha value is -2.89. The van der Waals surface area contributed by atoms with Crippen LogP contribution in [0.15, 0.2) is 42.5 Å². The van der Waals surface area contributed by atoms with Gasteiger partial charge in [-0.1, -0.05) is 12.1 Å². The van der Waals surface area contributed by atoms with Gasteiger partial charge in [-0.25, -0.2) is 0 Å². The second-order valence-electron chi connectivity index (χ2n) is 4.45. The number of amides is 1. The number of aromatic nitrogens is 3. The molecule has 0 spiro atoms. The van der Waals surface area contributed by atoms with Crippen LogP contribution in [0.1, 0.15) is 15.9 Å². The fraction of sp³-hybridized carbons (Fsp3) is 0.0714. The topological polar surface area (TPSA) is 96.7 Å². The van der Waals surface area contributed by atoms with Crippen LogP contribution < -0.4 is 11.1 Å². The zero-order valence-electron chi connectivity index (χ0n) is 10.6. The van der Waals surface area contributed by atoms with Gasteiger partial charge in [-0.05, 0) is 35.9 Å². The number of hydrogen-bond donors (Lipinski definition) is 3. The van der Waals surface area contributed by atoms with Crippen LogP contribution in [0.2, 0.25) is 0 Å². The number of rotatable bonds is 3. The summed E-state index contributed by atoms with van der Waals surface area (Å²) in [5.41, 5.74) is 9.28. The van der Waals surface area contributed by atoms with Gasteiger partial charge in [0, 0.05) is 17.8 Å². The first-order chi connectivity index (χ1) is 9.72. The molecule has 0 radical (unpaired) electrons. The van der Waals surface area contributed by atoms with Crippen molar-refractivity contribution in [1.29, 1.82) is 0 Å². The van der Waals surface area contributed by atoms with E-state index in [1.165, 1.54) is 0 Å². The van der Waals surface area contributed by atoms with Crippen molar-refractivity contribution in [2.24, 2.45) is 0 Å². The van der Waals surface area contributed by atoms with E-state index in [-0.39, 0.29) is 5.91 Å². The van der Waals surface area contributed by atoms with Crippen LogP contribution in [0.3, 0.4) is 0 Å². The number of aromatic amines is 1. The number of hydrogen-bond acceptors (Lipinski definition) is 4. The van der Waals surface area contributed by atoms with Gasteiger partial charge in [-0.3, -0.25) is 4.79 Å². The Kier molecular flexibility index (Phi) is 3.04. The second-order valence-corrected chi connectivity index (χ2v) is 4.45. The molecule has 20 heavy (non-hydrogen) atoms. The van der Waals surface area contributed by atoms with Crippen molar-refractivity contribution in [3.05, 3.63) is 53.6 Å². The van der Waals surface area contributed by atoms with Crippen molar-refractivity contribution in [1.82, 2.24) is 20.7 Å². The van der Waals surface area contributed by atoms with Gasteiger partial charge in [0.25, 0.3) is 5.91 Å². The van der Waals surface area contributed by atoms with Crippen molar-refractivity contribution in [2.75, 3.05) is 5.73 Å². The Morgan fingerprint density at radius 1 is 1.10 bits per heavy atom. The van der Waals surface area contributed by atoms with Crippen molar-refractivity contribution in [2.45, 2.75) is 6.54 Å². The van der Waals surface area contributed by atoms with E-state index < -0.39 is 0 Å². The lowest BCUT2D eigenvalue weighted by Crippen LogP contribution is -2.22. The van der Waals surface area contributed by atoms with Gasteiger partial charge in [0.15, 0.2) is 0 Å². The highest BCUT2D eigenvalue weighted by molar-refractivity contribution is 5.97. The number of fused-ring (bicyclic) bond motifs is 1. The van der Waals surface area contributed by atoms with E-state index in [0.717, 1.165) is 11.1 Å². The summed E-state index contributed by atoms with van der Waals surface area (Å²) in [4.78, 5) is 12.1. The largest absolute Gasteiger partial charge is 0.399 e. The van der Waals surface area contributed by atoms with Gasteiger partial charge >= 0.3 is 0 Å². The Morgan fingerprint density at radius 3 is 2.65 bits per heavy atom. The first kappa shape index (κ1) is 12.2. The van der Waals surface area contributed by atoms with Crippen LogP contribution in [-0.4, -0.2) is 21.3 Å². The smallest absolute Gasteiger partial charge is 0.251 e. The summed E-state index contributed by atoms with van der Waals surface area (Å²) in [6.07, 6.45) is 0. The molecule has 3 rings (SSSR count). The van der Waals surface area contributed by atoms with Gasteiger partial charge in [-0.2, -0.15) is 15.4 Å². The molecule has 4 N–H and O–H groups in total. The summed E-state index contributed by atoms with van der Waals surface area (Å²) in [5, 5.41) is 13.3. The molecule has 3 aromatic rings. The van der Waals surface area contributed by atoms with Crippen LogP contribution in [0.4, 0.5) is 5.69 Å². The fourth-order valence-corrected chi connectivity index (χ4v) is 1.90. The Morgan fingerprint density at radius 2 is 1.85 bits per heavy atom. The van der Waals surface area contributed by atoms with Crippen LogP contribution in [0.25, 0.3) is 11.0 Å². The maximum atomic E-state index is 12.1. The maximum Gasteiger partial charge on any atom is 0.251 e. The molecule has 1 heterocycles. The predicted molar refractivity (Wildman–Crippen MR) is 75.9 cm³/mol. The lowest BCUT2D eigenvalue weighted by Gasteiger charge is -2.05. The molecule has 6 heteroatoms. The minimum atomic E-state index is -0.147. The number of nitrogens with one attached hydrogen (secondary N) is 2. The van der Waals surface area contributed by atoms with E-state index in [4.69, 9.17) is 5.73 Å². The number of carbonyl (C=O) groups is 1. The molecule has 0 bridgehead atoms. The van der Waals surface area contributed by atoms with E-state index in [2.05, 4.69) is 20.7 Å². The van der Waals surface area contributed by atoms with Gasteiger partial charge < -0.3 is 11.1 Å².